The Balaban J connectivity index is 1.38. The Bertz CT molecular complexity index is 1530. The molecule has 4 aliphatic rings. The van der Waals surface area contributed by atoms with E-state index in [0.29, 0.717) is 27.8 Å². The number of ether oxygens (including phenoxy) is 2. The molecule has 4 atom stereocenters. The third-order valence-electron chi connectivity index (χ3n) is 7.75. The maximum atomic E-state index is 14.0. The van der Waals surface area contributed by atoms with Gasteiger partial charge in [0.15, 0.2) is 17.3 Å². The van der Waals surface area contributed by atoms with Gasteiger partial charge in [-0.2, -0.15) is 0 Å². The largest absolute Gasteiger partial charge is 0.454 e. The molecular weight excluding hydrogens is 492 g/mol. The van der Waals surface area contributed by atoms with Crippen molar-refractivity contribution in [2.24, 2.45) is 11.8 Å². The van der Waals surface area contributed by atoms with Crippen molar-refractivity contribution in [2.75, 3.05) is 16.6 Å². The zero-order valence-electron chi connectivity index (χ0n) is 19.8. The van der Waals surface area contributed by atoms with Gasteiger partial charge in [-0.3, -0.25) is 14.4 Å². The van der Waals surface area contributed by atoms with Crippen LogP contribution in [0.5, 0.6) is 11.5 Å². The third-order valence-corrected chi connectivity index (χ3v) is 7.99. The Morgan fingerprint density at radius 1 is 0.919 bits per heavy atom. The van der Waals surface area contributed by atoms with Crippen LogP contribution in [-0.2, 0) is 9.59 Å². The molecule has 0 bridgehead atoms. The molecule has 7 rings (SSSR count). The molecule has 37 heavy (non-hydrogen) atoms. The number of halogens is 1. The van der Waals surface area contributed by atoms with Gasteiger partial charge in [-0.05, 0) is 42.8 Å². The summed E-state index contributed by atoms with van der Waals surface area (Å²) >= 11 is 6.30. The number of carbonyl (C=O) groups is 3. The van der Waals surface area contributed by atoms with E-state index in [1.807, 2.05) is 36.1 Å². The van der Waals surface area contributed by atoms with Crippen molar-refractivity contribution < 1.29 is 23.9 Å². The predicted octanol–water partition coefficient (Wildman–Crippen LogP) is 4.73. The number of nitrogens with zero attached hydrogens (tertiary/aromatic N) is 2. The second-order valence-electron chi connectivity index (χ2n) is 9.69. The summed E-state index contributed by atoms with van der Waals surface area (Å²) in [6.45, 7) is 2.05. The molecule has 0 radical (unpaired) electrons. The van der Waals surface area contributed by atoms with Crippen LogP contribution in [0.4, 0.5) is 11.4 Å². The molecule has 2 amide bonds. The zero-order valence-corrected chi connectivity index (χ0v) is 20.5. The highest BCUT2D eigenvalue weighted by atomic mass is 35.5. The maximum Gasteiger partial charge on any atom is 0.240 e. The first-order chi connectivity index (χ1) is 17.9. The van der Waals surface area contributed by atoms with Crippen LogP contribution in [0.3, 0.4) is 0 Å². The molecule has 7 nitrogen and oxygen atoms in total. The number of amides is 2. The van der Waals surface area contributed by atoms with E-state index in [-0.39, 0.29) is 24.4 Å². The molecule has 8 heteroatoms. The van der Waals surface area contributed by atoms with E-state index in [9.17, 15) is 14.4 Å². The van der Waals surface area contributed by atoms with Crippen molar-refractivity contribution in [1.82, 2.24) is 0 Å². The van der Waals surface area contributed by atoms with Crippen LogP contribution in [0.1, 0.15) is 22.8 Å². The average Bonchev–Trinajstić information content (AvgIpc) is 3.57. The van der Waals surface area contributed by atoms with Crippen LogP contribution in [0.15, 0.2) is 72.8 Å². The minimum atomic E-state index is -0.850. The molecule has 3 aromatic carbocycles. The highest BCUT2D eigenvalue weighted by molar-refractivity contribution is 6.31. The van der Waals surface area contributed by atoms with Gasteiger partial charge in [0.05, 0.1) is 23.6 Å². The first kappa shape index (κ1) is 22.1. The van der Waals surface area contributed by atoms with Gasteiger partial charge in [-0.1, -0.05) is 48.0 Å². The number of carbonyl (C=O) groups excluding carboxylic acids is 3. The number of ketones is 1. The van der Waals surface area contributed by atoms with Crippen molar-refractivity contribution in [1.29, 1.82) is 0 Å². The number of allylic oxidation sites excluding steroid dienone is 1. The van der Waals surface area contributed by atoms with E-state index in [1.165, 1.54) is 4.90 Å². The first-order valence-electron chi connectivity index (χ1n) is 12.1. The number of imide groups is 1. The number of anilines is 2. The molecule has 0 N–H and O–H groups in total. The Kier molecular flexibility index (Phi) is 4.75. The van der Waals surface area contributed by atoms with Crippen LogP contribution in [0.25, 0.3) is 5.57 Å². The van der Waals surface area contributed by atoms with Gasteiger partial charge in [-0.25, -0.2) is 4.90 Å². The van der Waals surface area contributed by atoms with Crippen LogP contribution in [0.2, 0.25) is 5.02 Å². The van der Waals surface area contributed by atoms with E-state index < -0.39 is 23.9 Å². The normalized spacial score (nSPS) is 25.1. The molecule has 0 aromatic heterocycles. The summed E-state index contributed by atoms with van der Waals surface area (Å²) < 4.78 is 10.9. The lowest BCUT2D eigenvalue weighted by Gasteiger charge is -2.38. The van der Waals surface area contributed by atoms with Crippen LogP contribution < -0.4 is 19.3 Å². The van der Waals surface area contributed by atoms with Crippen LogP contribution in [-0.4, -0.2) is 36.5 Å². The summed E-state index contributed by atoms with van der Waals surface area (Å²) in [6.07, 6.45) is 1.99. The number of Topliss-reactive ketones (excluding diaryl/α,β-unsaturated/α-hetero) is 1. The maximum absolute atomic E-state index is 14.0. The van der Waals surface area contributed by atoms with Gasteiger partial charge in [0.1, 0.15) is 6.04 Å². The number of hydrogen-bond donors (Lipinski definition) is 0. The fraction of sp³-hybridized carbons (Fsp3) is 0.207. The fourth-order valence-corrected chi connectivity index (χ4v) is 6.34. The van der Waals surface area contributed by atoms with Gasteiger partial charge in [0, 0.05) is 27.9 Å². The smallest absolute Gasteiger partial charge is 0.240 e. The predicted molar refractivity (Wildman–Crippen MR) is 138 cm³/mol. The topological polar surface area (TPSA) is 76.1 Å². The molecule has 0 spiro atoms. The second-order valence-corrected chi connectivity index (χ2v) is 10.1. The Morgan fingerprint density at radius 2 is 1.68 bits per heavy atom. The third kappa shape index (κ3) is 3.10. The molecule has 4 aliphatic heterocycles. The number of hydrogen-bond acceptors (Lipinski definition) is 6. The van der Waals surface area contributed by atoms with E-state index in [2.05, 4.69) is 0 Å². The Hall–Kier alpha value is -4.10. The van der Waals surface area contributed by atoms with Crippen molar-refractivity contribution >= 4 is 46.1 Å². The van der Waals surface area contributed by atoms with Gasteiger partial charge in [0.2, 0.25) is 18.6 Å². The minimum absolute atomic E-state index is 0.0874. The SMILES string of the molecule is CC1=C[C@H]2[C@H]3C(=O)N(c4ccc5c(c4)OCO5)C(=O)[C@@H]3[C@H](C(=O)c3ccccc3)N2c2ccc(Cl)cc21. The summed E-state index contributed by atoms with van der Waals surface area (Å²) in [7, 11) is 0. The standard InChI is InChI=1S/C29H21ClN2O5/c1-15-11-21-24-25(29(35)31(28(24)34)18-8-10-22-23(13-18)37-14-36-22)26(27(33)16-5-3-2-4-6-16)32(21)20-9-7-17(30)12-19(15)20/h2-13,21,24-26H,14H2,1H3/t21-,24+,25-,26+/m0/s1. The van der Waals surface area contributed by atoms with Crippen molar-refractivity contribution in [3.8, 4) is 11.5 Å². The molecule has 184 valence electrons. The van der Waals surface area contributed by atoms with Crippen LogP contribution >= 0.6 is 11.6 Å². The number of fused-ring (bicyclic) bond motifs is 6. The molecule has 4 heterocycles. The highest BCUT2D eigenvalue weighted by Crippen LogP contribution is 2.52. The zero-order chi connectivity index (χ0) is 25.4. The lowest BCUT2D eigenvalue weighted by atomic mass is 9.85. The summed E-state index contributed by atoms with van der Waals surface area (Å²) in [5.74, 6) is -1.43. The van der Waals surface area contributed by atoms with Gasteiger partial charge in [0.25, 0.3) is 0 Å². The molecule has 0 unspecified atom stereocenters. The summed E-state index contributed by atoms with van der Waals surface area (Å²) in [6, 6.07) is 18.1. The van der Waals surface area contributed by atoms with Crippen molar-refractivity contribution in [3.05, 3.63) is 89.0 Å². The minimum Gasteiger partial charge on any atom is -0.454 e. The summed E-state index contributed by atoms with van der Waals surface area (Å²) in [5, 5.41) is 0.580. The van der Waals surface area contributed by atoms with Gasteiger partial charge >= 0.3 is 0 Å². The molecule has 0 saturated carbocycles. The lowest BCUT2D eigenvalue weighted by molar-refractivity contribution is -0.122. The van der Waals surface area contributed by atoms with Gasteiger partial charge in [-0.15, -0.1) is 0 Å². The summed E-state index contributed by atoms with van der Waals surface area (Å²) in [4.78, 5) is 45.2. The first-order valence-corrected chi connectivity index (χ1v) is 12.5. The van der Waals surface area contributed by atoms with Crippen molar-refractivity contribution in [2.45, 2.75) is 19.0 Å². The molecule has 3 aromatic rings. The Labute approximate surface area is 217 Å². The van der Waals surface area contributed by atoms with Gasteiger partial charge < -0.3 is 14.4 Å². The van der Waals surface area contributed by atoms with E-state index in [0.717, 1.165) is 16.8 Å². The lowest BCUT2D eigenvalue weighted by Crippen LogP contribution is -2.49. The number of benzene rings is 3. The number of rotatable bonds is 3. The second kappa shape index (κ2) is 7.95. The molecule has 2 fully saturated rings. The summed E-state index contributed by atoms with van der Waals surface area (Å²) in [5.41, 5.74) is 3.55. The molecular formula is C29H21ClN2O5. The van der Waals surface area contributed by atoms with E-state index in [4.69, 9.17) is 21.1 Å². The average molecular weight is 513 g/mol. The molecule has 2 saturated heterocycles. The van der Waals surface area contributed by atoms with E-state index >= 15 is 0 Å². The van der Waals surface area contributed by atoms with Crippen molar-refractivity contribution in [3.63, 3.8) is 0 Å². The monoisotopic (exact) mass is 512 g/mol. The highest BCUT2D eigenvalue weighted by Gasteiger charge is 2.64. The van der Waals surface area contributed by atoms with E-state index in [1.54, 1.807) is 48.5 Å². The Morgan fingerprint density at radius 3 is 2.49 bits per heavy atom. The van der Waals surface area contributed by atoms with Crippen LogP contribution in [0, 0.1) is 11.8 Å². The fourth-order valence-electron chi connectivity index (χ4n) is 6.17. The quantitative estimate of drug-likeness (QED) is 0.373. The molecule has 0 aliphatic carbocycles.